The Morgan fingerprint density at radius 3 is 1.90 bits per heavy atom. The molecule has 3 aromatic carbocycles. The van der Waals surface area contributed by atoms with Gasteiger partial charge in [0.05, 0.1) is 11.0 Å². The second kappa shape index (κ2) is 4.24. The van der Waals surface area contributed by atoms with E-state index in [0.717, 1.165) is 11.3 Å². The molecule has 0 bridgehead atoms. The third-order valence-corrected chi connectivity index (χ3v) is 3.79. The van der Waals surface area contributed by atoms with Crippen LogP contribution < -0.4 is 0 Å². The summed E-state index contributed by atoms with van der Waals surface area (Å²) in [5, 5.41) is 2.59. The first-order valence-corrected chi connectivity index (χ1v) is 6.81. The number of hydrogen-bond donors (Lipinski definition) is 0. The lowest BCUT2D eigenvalue weighted by molar-refractivity contribution is 1.17. The molecule has 4 rings (SSSR count). The first-order valence-electron chi connectivity index (χ1n) is 6.81. The molecule has 4 aromatic rings. The number of hydrogen-bond acceptors (Lipinski definition) is 0. The zero-order valence-electron chi connectivity index (χ0n) is 11.3. The number of rotatable bonds is 1. The Balaban J connectivity index is 2.17. The van der Waals surface area contributed by atoms with Crippen LogP contribution in [0.3, 0.4) is 0 Å². The van der Waals surface area contributed by atoms with Gasteiger partial charge in [-0.05, 0) is 42.8 Å². The lowest BCUT2D eigenvalue weighted by atomic mass is 10.2. The van der Waals surface area contributed by atoms with E-state index in [0.29, 0.717) is 0 Å². The zero-order chi connectivity index (χ0) is 13.5. The first kappa shape index (κ1) is 11.3. The Labute approximate surface area is 118 Å². The summed E-state index contributed by atoms with van der Waals surface area (Å²) in [6, 6.07) is 26.7. The Morgan fingerprint density at radius 1 is 0.750 bits per heavy atom. The van der Waals surface area contributed by atoms with Gasteiger partial charge in [0.2, 0.25) is 0 Å². The van der Waals surface area contributed by atoms with E-state index in [4.69, 9.17) is 0 Å². The van der Waals surface area contributed by atoms with E-state index in [9.17, 15) is 0 Å². The molecule has 1 radical (unpaired) electrons. The fraction of sp³-hybridized carbons (Fsp3) is 0.0526. The van der Waals surface area contributed by atoms with E-state index >= 15 is 0 Å². The third kappa shape index (κ3) is 1.56. The number of benzene rings is 3. The van der Waals surface area contributed by atoms with Gasteiger partial charge in [-0.25, -0.2) is 0 Å². The van der Waals surface area contributed by atoms with Crippen LogP contribution in [0, 0.1) is 13.0 Å². The van der Waals surface area contributed by atoms with Crippen LogP contribution in [0.2, 0.25) is 0 Å². The van der Waals surface area contributed by atoms with E-state index in [1.54, 1.807) is 0 Å². The Hall–Kier alpha value is -2.54. The van der Waals surface area contributed by atoms with Gasteiger partial charge in [0.25, 0.3) is 0 Å². The number of aromatic nitrogens is 1. The van der Waals surface area contributed by atoms with Crippen LogP contribution in [0.1, 0.15) is 5.56 Å². The van der Waals surface area contributed by atoms with Crippen molar-refractivity contribution in [1.82, 2.24) is 4.57 Å². The maximum Gasteiger partial charge on any atom is 0.0541 e. The van der Waals surface area contributed by atoms with Gasteiger partial charge in [0.15, 0.2) is 0 Å². The van der Waals surface area contributed by atoms with Crippen LogP contribution in [0.4, 0.5) is 0 Å². The summed E-state index contributed by atoms with van der Waals surface area (Å²) in [5.74, 6) is 0. The number of para-hydroxylation sites is 2. The maximum atomic E-state index is 3.30. The molecule has 0 aliphatic rings. The molecule has 0 amide bonds. The molecule has 1 aromatic heterocycles. The quantitative estimate of drug-likeness (QED) is 0.457. The highest BCUT2D eigenvalue weighted by Gasteiger charge is 2.10. The lowest BCUT2D eigenvalue weighted by Gasteiger charge is -2.07. The van der Waals surface area contributed by atoms with Gasteiger partial charge in [-0.15, -0.1) is 0 Å². The molecule has 1 heteroatoms. The van der Waals surface area contributed by atoms with Crippen LogP contribution in [-0.4, -0.2) is 4.57 Å². The molecule has 1 nitrogen and oxygen atoms in total. The van der Waals surface area contributed by atoms with Crippen molar-refractivity contribution in [1.29, 1.82) is 0 Å². The summed E-state index contributed by atoms with van der Waals surface area (Å²) in [6.45, 7) is 2.07. The average molecular weight is 256 g/mol. The average Bonchev–Trinajstić information content (AvgIpc) is 2.83. The minimum Gasteiger partial charge on any atom is -0.309 e. The SMILES string of the molecule is Cc1[c]cc(-n2c3ccccc3c3ccccc32)cc1. The van der Waals surface area contributed by atoms with Gasteiger partial charge in [0.1, 0.15) is 0 Å². The Bertz CT molecular complexity index is 845. The van der Waals surface area contributed by atoms with Crippen LogP contribution in [-0.2, 0) is 0 Å². The monoisotopic (exact) mass is 256 g/mol. The van der Waals surface area contributed by atoms with Crippen LogP contribution >= 0.6 is 0 Å². The second-order valence-corrected chi connectivity index (χ2v) is 5.10. The van der Waals surface area contributed by atoms with E-state index in [1.807, 2.05) is 0 Å². The third-order valence-electron chi connectivity index (χ3n) is 3.79. The van der Waals surface area contributed by atoms with E-state index in [1.165, 1.54) is 21.8 Å². The predicted molar refractivity (Wildman–Crippen MR) is 84.4 cm³/mol. The first-order chi connectivity index (χ1) is 9.84. The van der Waals surface area contributed by atoms with Crippen molar-refractivity contribution in [2.24, 2.45) is 0 Å². The molecule has 20 heavy (non-hydrogen) atoms. The van der Waals surface area contributed by atoms with Gasteiger partial charge in [0, 0.05) is 16.5 Å². The van der Waals surface area contributed by atoms with Crippen LogP contribution in [0.25, 0.3) is 27.5 Å². The smallest absolute Gasteiger partial charge is 0.0541 e. The molecule has 0 unspecified atom stereocenters. The largest absolute Gasteiger partial charge is 0.309 e. The van der Waals surface area contributed by atoms with E-state index in [-0.39, 0.29) is 0 Å². The summed E-state index contributed by atoms with van der Waals surface area (Å²) in [7, 11) is 0. The molecular weight excluding hydrogens is 242 g/mol. The fourth-order valence-electron chi connectivity index (χ4n) is 2.83. The lowest BCUT2D eigenvalue weighted by Crippen LogP contribution is -1.93. The molecular formula is C19H14N. The van der Waals surface area contributed by atoms with Gasteiger partial charge >= 0.3 is 0 Å². The maximum absolute atomic E-state index is 3.30. The molecule has 0 saturated carbocycles. The topological polar surface area (TPSA) is 4.93 Å². The molecule has 0 spiro atoms. The molecule has 1 heterocycles. The highest BCUT2D eigenvalue weighted by atomic mass is 15.0. The molecule has 0 aliphatic carbocycles. The zero-order valence-corrected chi connectivity index (χ0v) is 11.3. The van der Waals surface area contributed by atoms with Crippen LogP contribution in [0.5, 0.6) is 0 Å². The second-order valence-electron chi connectivity index (χ2n) is 5.10. The summed E-state index contributed by atoms with van der Waals surface area (Å²) in [4.78, 5) is 0. The number of fused-ring (bicyclic) bond motifs is 3. The fourth-order valence-corrected chi connectivity index (χ4v) is 2.83. The van der Waals surface area contributed by atoms with Crippen molar-refractivity contribution in [3.05, 3.63) is 78.4 Å². The summed E-state index contributed by atoms with van der Waals surface area (Å²) in [5.41, 5.74) is 4.81. The van der Waals surface area contributed by atoms with Crippen molar-refractivity contribution in [3.8, 4) is 5.69 Å². The Morgan fingerprint density at radius 2 is 1.35 bits per heavy atom. The van der Waals surface area contributed by atoms with Gasteiger partial charge in [-0.3, -0.25) is 0 Å². The van der Waals surface area contributed by atoms with Gasteiger partial charge in [-0.2, -0.15) is 0 Å². The Kier molecular flexibility index (Phi) is 2.40. The highest BCUT2D eigenvalue weighted by Crippen LogP contribution is 2.31. The van der Waals surface area contributed by atoms with Crippen molar-refractivity contribution in [3.63, 3.8) is 0 Å². The van der Waals surface area contributed by atoms with Crippen LogP contribution in [0.15, 0.2) is 66.7 Å². The molecule has 0 atom stereocenters. The summed E-state index contributed by atoms with van der Waals surface area (Å²) >= 11 is 0. The predicted octanol–water partition coefficient (Wildman–Crippen LogP) is 4.89. The number of nitrogens with zero attached hydrogens (tertiary/aromatic N) is 1. The van der Waals surface area contributed by atoms with E-state index in [2.05, 4.69) is 84.3 Å². The minimum absolute atomic E-state index is 1.16. The molecule has 95 valence electrons. The summed E-state index contributed by atoms with van der Waals surface area (Å²) in [6.07, 6.45) is 0. The van der Waals surface area contributed by atoms with Gasteiger partial charge in [-0.1, -0.05) is 42.5 Å². The summed E-state index contributed by atoms with van der Waals surface area (Å²) < 4.78 is 2.31. The molecule has 0 aliphatic heterocycles. The van der Waals surface area contributed by atoms with E-state index < -0.39 is 0 Å². The molecule has 0 saturated heterocycles. The number of aryl methyl sites for hydroxylation is 1. The van der Waals surface area contributed by atoms with Crippen molar-refractivity contribution in [2.45, 2.75) is 6.92 Å². The highest BCUT2D eigenvalue weighted by molar-refractivity contribution is 6.09. The van der Waals surface area contributed by atoms with Crippen molar-refractivity contribution in [2.75, 3.05) is 0 Å². The van der Waals surface area contributed by atoms with Gasteiger partial charge < -0.3 is 4.57 Å². The molecule has 0 N–H and O–H groups in total. The van der Waals surface area contributed by atoms with Crippen molar-refractivity contribution < 1.29 is 0 Å². The molecule has 0 fully saturated rings. The normalized spacial score (nSPS) is 11.2. The standard InChI is InChI=1S/C19H14N/c1-14-10-12-15(13-11-14)20-18-8-4-2-6-16(18)17-7-3-5-9-19(17)20/h2-10,12-13H,1H3. The minimum atomic E-state index is 1.16. The van der Waals surface area contributed by atoms with Crippen molar-refractivity contribution >= 4 is 21.8 Å².